The van der Waals surface area contributed by atoms with Gasteiger partial charge in [0.2, 0.25) is 5.91 Å². The average molecular weight is 465 g/mol. The lowest BCUT2D eigenvalue weighted by atomic mass is 9.92. The third-order valence-corrected chi connectivity index (χ3v) is 6.06. The Morgan fingerprint density at radius 3 is 2.09 bits per heavy atom. The molecule has 5 rings (SSSR count). The summed E-state index contributed by atoms with van der Waals surface area (Å²) in [4.78, 5) is 13.4. The van der Waals surface area contributed by atoms with Crippen LogP contribution in [0.3, 0.4) is 0 Å². The molecule has 35 heavy (non-hydrogen) atoms. The second-order valence-corrected chi connectivity index (χ2v) is 8.54. The van der Waals surface area contributed by atoms with E-state index in [1.807, 2.05) is 109 Å². The van der Waals surface area contributed by atoms with Gasteiger partial charge in [-0.2, -0.15) is 0 Å². The predicted octanol–water partition coefficient (Wildman–Crippen LogP) is 5.63. The Morgan fingerprint density at radius 1 is 0.771 bits per heavy atom. The molecule has 2 atom stereocenters. The molecule has 4 aromatic rings. The van der Waals surface area contributed by atoms with Crippen LogP contribution in [0.1, 0.15) is 28.3 Å². The molecule has 5 heteroatoms. The Labute approximate surface area is 205 Å². The van der Waals surface area contributed by atoms with Crippen molar-refractivity contribution in [3.63, 3.8) is 0 Å². The molecular formula is C30H28N2O3. The molecular weight excluding hydrogens is 436 g/mol. The van der Waals surface area contributed by atoms with Crippen LogP contribution in [0, 0.1) is 0 Å². The number of nitrogens with one attached hydrogen (secondary N) is 2. The zero-order valence-electron chi connectivity index (χ0n) is 19.4. The molecule has 176 valence electrons. The Hall–Kier alpha value is -3.93. The van der Waals surface area contributed by atoms with Gasteiger partial charge in [0.1, 0.15) is 24.6 Å². The highest BCUT2D eigenvalue weighted by Gasteiger charge is 2.33. The van der Waals surface area contributed by atoms with Crippen molar-refractivity contribution in [1.29, 1.82) is 0 Å². The lowest BCUT2D eigenvalue weighted by Gasteiger charge is -2.33. The van der Waals surface area contributed by atoms with E-state index in [9.17, 15) is 4.79 Å². The minimum absolute atomic E-state index is 0.134. The number of ether oxygens (including phenoxy) is 2. The van der Waals surface area contributed by atoms with Crippen molar-refractivity contribution < 1.29 is 14.3 Å². The Balaban J connectivity index is 1.39. The SMILES string of the molecule is O=C(Nc1ccccc1)C1NC(OCc2ccccc2)Cc2c(OCc3ccccc3)cccc21. The predicted molar refractivity (Wildman–Crippen MR) is 137 cm³/mol. The van der Waals surface area contributed by atoms with Crippen LogP contribution in [0.15, 0.2) is 109 Å². The lowest BCUT2D eigenvalue weighted by Crippen LogP contribution is -2.46. The van der Waals surface area contributed by atoms with E-state index in [-0.39, 0.29) is 12.1 Å². The maximum absolute atomic E-state index is 13.4. The smallest absolute Gasteiger partial charge is 0.246 e. The first-order chi connectivity index (χ1) is 17.3. The van der Waals surface area contributed by atoms with Gasteiger partial charge in [-0.25, -0.2) is 0 Å². The second-order valence-electron chi connectivity index (χ2n) is 8.54. The highest BCUT2D eigenvalue weighted by molar-refractivity contribution is 5.96. The van der Waals surface area contributed by atoms with Gasteiger partial charge >= 0.3 is 0 Å². The average Bonchev–Trinajstić information content (AvgIpc) is 2.92. The molecule has 0 aromatic heterocycles. The van der Waals surface area contributed by atoms with E-state index in [0.29, 0.717) is 19.6 Å². The third kappa shape index (κ3) is 5.77. The summed E-state index contributed by atoms with van der Waals surface area (Å²) in [7, 11) is 0. The first-order valence-electron chi connectivity index (χ1n) is 11.8. The highest BCUT2D eigenvalue weighted by atomic mass is 16.5. The maximum atomic E-state index is 13.4. The van der Waals surface area contributed by atoms with Gasteiger partial charge in [0, 0.05) is 17.7 Å². The maximum Gasteiger partial charge on any atom is 0.246 e. The molecule has 1 aliphatic rings. The second kappa shape index (κ2) is 11.0. The Morgan fingerprint density at radius 2 is 1.40 bits per heavy atom. The van der Waals surface area contributed by atoms with Crippen LogP contribution in [0.2, 0.25) is 0 Å². The molecule has 0 fully saturated rings. The van der Waals surface area contributed by atoms with Gasteiger partial charge in [0.25, 0.3) is 0 Å². The monoisotopic (exact) mass is 464 g/mol. The summed E-state index contributed by atoms with van der Waals surface area (Å²) in [6, 6.07) is 34.9. The molecule has 5 nitrogen and oxygen atoms in total. The topological polar surface area (TPSA) is 59.6 Å². The van der Waals surface area contributed by atoms with Gasteiger partial charge in [0.05, 0.1) is 6.61 Å². The molecule has 0 saturated carbocycles. The molecule has 2 N–H and O–H groups in total. The summed E-state index contributed by atoms with van der Waals surface area (Å²) in [6.07, 6.45) is 0.262. The standard InChI is InChI=1S/C30H28N2O3/c33-30(31-24-15-8-3-9-16-24)29-25-17-10-18-27(34-20-22-11-4-1-5-12-22)26(25)19-28(32-29)35-21-23-13-6-2-7-14-23/h1-18,28-29,32H,19-21H2,(H,31,33). The molecule has 0 bridgehead atoms. The number of hydrogen-bond acceptors (Lipinski definition) is 4. The molecule has 0 spiro atoms. The van der Waals surface area contributed by atoms with Crippen LogP contribution in [0.4, 0.5) is 5.69 Å². The minimum Gasteiger partial charge on any atom is -0.489 e. The van der Waals surface area contributed by atoms with Crippen LogP contribution in [-0.2, 0) is 29.2 Å². The number of carbonyl (C=O) groups excluding carboxylic acids is 1. The van der Waals surface area contributed by atoms with E-state index < -0.39 is 6.04 Å². The minimum atomic E-state index is -0.569. The Kier molecular flexibility index (Phi) is 7.18. The first-order valence-corrected chi connectivity index (χ1v) is 11.8. The Bertz CT molecular complexity index is 1250. The summed E-state index contributed by atoms with van der Waals surface area (Å²) in [5.74, 6) is 0.643. The molecule has 0 aliphatic carbocycles. The number of amides is 1. The number of benzene rings is 4. The van der Waals surface area contributed by atoms with E-state index in [1.54, 1.807) is 0 Å². The normalized spacial score (nSPS) is 16.8. The van der Waals surface area contributed by atoms with Crippen molar-refractivity contribution in [2.75, 3.05) is 5.32 Å². The van der Waals surface area contributed by atoms with Gasteiger partial charge < -0.3 is 14.8 Å². The van der Waals surface area contributed by atoms with E-state index in [2.05, 4.69) is 10.6 Å². The molecule has 1 heterocycles. The summed E-state index contributed by atoms with van der Waals surface area (Å²) >= 11 is 0. The lowest BCUT2D eigenvalue weighted by molar-refractivity contribution is -0.120. The number of para-hydroxylation sites is 1. The third-order valence-electron chi connectivity index (χ3n) is 6.06. The fraction of sp³-hybridized carbons (Fsp3) is 0.167. The van der Waals surface area contributed by atoms with E-state index >= 15 is 0 Å². The molecule has 4 aromatic carbocycles. The van der Waals surface area contributed by atoms with E-state index in [1.165, 1.54) is 0 Å². The fourth-order valence-corrected chi connectivity index (χ4v) is 4.29. The zero-order chi connectivity index (χ0) is 23.9. The fourth-order valence-electron chi connectivity index (χ4n) is 4.29. The quantitative estimate of drug-likeness (QED) is 0.355. The van der Waals surface area contributed by atoms with Crippen LogP contribution in [0.25, 0.3) is 0 Å². The van der Waals surface area contributed by atoms with Crippen molar-refractivity contribution >= 4 is 11.6 Å². The molecule has 2 unspecified atom stereocenters. The molecule has 1 aliphatic heterocycles. The summed E-state index contributed by atoms with van der Waals surface area (Å²) < 4.78 is 12.5. The van der Waals surface area contributed by atoms with Gasteiger partial charge in [-0.1, -0.05) is 91.0 Å². The zero-order valence-corrected chi connectivity index (χ0v) is 19.4. The van der Waals surface area contributed by atoms with Crippen molar-refractivity contribution in [3.05, 3.63) is 131 Å². The van der Waals surface area contributed by atoms with Gasteiger partial charge in [-0.15, -0.1) is 0 Å². The number of hydrogen-bond donors (Lipinski definition) is 2. The number of anilines is 1. The van der Waals surface area contributed by atoms with Crippen LogP contribution in [-0.4, -0.2) is 12.1 Å². The van der Waals surface area contributed by atoms with Crippen molar-refractivity contribution in [3.8, 4) is 5.75 Å². The molecule has 0 radical (unpaired) electrons. The highest BCUT2D eigenvalue weighted by Crippen LogP contribution is 2.34. The van der Waals surface area contributed by atoms with E-state index in [0.717, 1.165) is 33.7 Å². The molecule has 0 saturated heterocycles. The summed E-state index contributed by atoms with van der Waals surface area (Å²) in [6.45, 7) is 0.912. The van der Waals surface area contributed by atoms with Crippen LogP contribution < -0.4 is 15.4 Å². The number of rotatable bonds is 8. The van der Waals surface area contributed by atoms with E-state index in [4.69, 9.17) is 9.47 Å². The summed E-state index contributed by atoms with van der Waals surface area (Å²) in [5.41, 5.74) is 4.83. The van der Waals surface area contributed by atoms with Gasteiger partial charge in [0.15, 0.2) is 0 Å². The van der Waals surface area contributed by atoms with Gasteiger partial charge in [-0.05, 0) is 34.9 Å². The number of fused-ring (bicyclic) bond motifs is 1. The van der Waals surface area contributed by atoms with Gasteiger partial charge in [-0.3, -0.25) is 10.1 Å². The summed E-state index contributed by atoms with van der Waals surface area (Å²) in [5, 5.41) is 6.44. The van der Waals surface area contributed by atoms with Crippen LogP contribution in [0.5, 0.6) is 5.75 Å². The molecule has 1 amide bonds. The van der Waals surface area contributed by atoms with Crippen LogP contribution >= 0.6 is 0 Å². The number of carbonyl (C=O) groups is 1. The van der Waals surface area contributed by atoms with Crippen molar-refractivity contribution in [2.24, 2.45) is 0 Å². The first kappa shape index (κ1) is 22.8. The largest absolute Gasteiger partial charge is 0.489 e. The van der Waals surface area contributed by atoms with Crippen molar-refractivity contribution in [1.82, 2.24) is 5.32 Å². The van der Waals surface area contributed by atoms with Crippen molar-refractivity contribution in [2.45, 2.75) is 31.9 Å².